The second-order valence-electron chi connectivity index (χ2n) is 5.89. The van der Waals surface area contributed by atoms with Gasteiger partial charge in [-0.1, -0.05) is 6.07 Å². The fourth-order valence-electron chi connectivity index (χ4n) is 2.62. The number of aromatic hydroxyl groups is 1. The van der Waals surface area contributed by atoms with E-state index in [4.69, 9.17) is 4.74 Å². The van der Waals surface area contributed by atoms with E-state index >= 15 is 0 Å². The monoisotopic (exact) mass is 365 g/mol. The van der Waals surface area contributed by atoms with E-state index in [1.54, 1.807) is 18.4 Å². The van der Waals surface area contributed by atoms with Crippen LogP contribution in [0, 0.1) is 5.82 Å². The van der Waals surface area contributed by atoms with Crippen molar-refractivity contribution in [1.29, 1.82) is 0 Å². The molecule has 1 aliphatic rings. The molecule has 2 heterocycles. The van der Waals surface area contributed by atoms with Gasteiger partial charge >= 0.3 is 0 Å². The predicted molar refractivity (Wildman–Crippen MR) is 101 cm³/mol. The molecule has 7 nitrogen and oxygen atoms in total. The lowest BCUT2D eigenvalue weighted by Crippen LogP contribution is -2.13. The fourth-order valence-corrected chi connectivity index (χ4v) is 2.62. The van der Waals surface area contributed by atoms with Crippen molar-refractivity contribution in [2.75, 3.05) is 22.6 Å². The van der Waals surface area contributed by atoms with Crippen molar-refractivity contribution in [2.24, 2.45) is 0 Å². The molecule has 1 aliphatic heterocycles. The number of aromatic nitrogens is 2. The maximum Gasteiger partial charge on any atom is 0.229 e. The van der Waals surface area contributed by atoms with E-state index in [1.165, 1.54) is 12.1 Å². The summed E-state index contributed by atoms with van der Waals surface area (Å²) < 4.78 is 19.6. The van der Waals surface area contributed by atoms with Crippen molar-refractivity contribution in [3.63, 3.8) is 0 Å². The van der Waals surface area contributed by atoms with Crippen molar-refractivity contribution in [3.8, 4) is 11.5 Å². The van der Waals surface area contributed by atoms with Gasteiger partial charge < -0.3 is 25.4 Å². The van der Waals surface area contributed by atoms with Gasteiger partial charge in [-0.05, 0) is 24.3 Å². The van der Waals surface area contributed by atoms with Gasteiger partial charge in [0.15, 0.2) is 17.4 Å². The number of phenolic OH excluding ortho intramolecular Hbond substituents is 1. The lowest BCUT2D eigenvalue weighted by atomic mass is 10.2. The Kier molecular flexibility index (Phi) is 4.21. The number of nitrogens with zero attached hydrogens (tertiary/aromatic N) is 3. The Morgan fingerprint density at radius 3 is 2.81 bits per heavy atom. The zero-order valence-corrected chi connectivity index (χ0v) is 14.3. The molecule has 136 valence electrons. The van der Waals surface area contributed by atoms with Gasteiger partial charge in [0.05, 0.1) is 11.9 Å². The highest BCUT2D eigenvalue weighted by Crippen LogP contribution is 2.34. The first-order valence-corrected chi connectivity index (χ1v) is 8.14. The van der Waals surface area contributed by atoms with E-state index in [-0.39, 0.29) is 17.5 Å². The van der Waals surface area contributed by atoms with E-state index in [9.17, 15) is 9.50 Å². The van der Waals surface area contributed by atoms with Crippen molar-refractivity contribution >= 4 is 28.8 Å². The third-order valence-corrected chi connectivity index (χ3v) is 3.93. The Morgan fingerprint density at radius 2 is 1.96 bits per heavy atom. The first kappa shape index (κ1) is 16.6. The Balaban J connectivity index is 1.57. The van der Waals surface area contributed by atoms with Gasteiger partial charge in [0.25, 0.3) is 0 Å². The molecule has 0 bridgehead atoms. The summed E-state index contributed by atoms with van der Waals surface area (Å²) in [7, 11) is 1.92. The highest BCUT2D eigenvalue weighted by Gasteiger charge is 2.13. The van der Waals surface area contributed by atoms with E-state index < -0.39 is 5.82 Å². The van der Waals surface area contributed by atoms with Gasteiger partial charge in [0, 0.05) is 36.8 Å². The number of fused-ring (bicyclic) bond motifs is 1. The predicted octanol–water partition coefficient (Wildman–Crippen LogP) is 4.11. The second kappa shape index (κ2) is 6.83. The average molecular weight is 365 g/mol. The molecular weight excluding hydrogens is 349 g/mol. The molecular formula is C19H16FN5O2. The smallest absolute Gasteiger partial charge is 0.229 e. The number of halogens is 1. The minimum absolute atomic E-state index is 0.00465. The van der Waals surface area contributed by atoms with Gasteiger partial charge in [-0.25, -0.2) is 9.37 Å². The van der Waals surface area contributed by atoms with Crippen LogP contribution in [0.25, 0.3) is 0 Å². The number of nitrogens with one attached hydrogen (secondary N) is 2. The molecule has 1 aromatic heterocycles. The van der Waals surface area contributed by atoms with Crippen LogP contribution in [0.5, 0.6) is 11.5 Å². The molecule has 0 aliphatic carbocycles. The molecule has 0 fully saturated rings. The average Bonchev–Trinajstić information content (AvgIpc) is 2.65. The van der Waals surface area contributed by atoms with Crippen LogP contribution in [0.15, 0.2) is 61.1 Å². The first-order valence-electron chi connectivity index (χ1n) is 8.14. The van der Waals surface area contributed by atoms with E-state index in [1.807, 2.05) is 36.3 Å². The number of ether oxygens (including phenoxy) is 1. The normalized spacial score (nSPS) is 12.3. The third kappa shape index (κ3) is 3.59. The van der Waals surface area contributed by atoms with Crippen molar-refractivity contribution < 1.29 is 14.2 Å². The van der Waals surface area contributed by atoms with Crippen LogP contribution in [0.1, 0.15) is 0 Å². The second-order valence-corrected chi connectivity index (χ2v) is 5.89. The van der Waals surface area contributed by atoms with Gasteiger partial charge in [0.1, 0.15) is 12.0 Å². The molecule has 4 rings (SSSR count). The minimum atomic E-state index is -0.607. The van der Waals surface area contributed by atoms with Crippen LogP contribution >= 0.6 is 0 Å². The number of anilines is 5. The number of rotatable bonds is 4. The quantitative estimate of drug-likeness (QED) is 0.642. The molecule has 3 aromatic rings. The standard InChI is InChI=1S/C19H16FN5O2/c1-25-7-8-27-17-10-13(5-6-16(17)25)23-19-21-11-15(20)18(24-19)22-12-3-2-4-14(26)9-12/h2-11,26H,1H3,(H2,21,22,23,24). The topological polar surface area (TPSA) is 82.5 Å². The number of hydrogen-bond acceptors (Lipinski definition) is 7. The molecule has 2 aromatic carbocycles. The fraction of sp³-hybridized carbons (Fsp3) is 0.0526. The van der Waals surface area contributed by atoms with Gasteiger partial charge in [-0.2, -0.15) is 4.98 Å². The minimum Gasteiger partial charge on any atom is -0.508 e. The summed E-state index contributed by atoms with van der Waals surface area (Å²) in [6.07, 6.45) is 4.49. The van der Waals surface area contributed by atoms with Gasteiger partial charge in [-0.15, -0.1) is 0 Å². The van der Waals surface area contributed by atoms with E-state index in [0.29, 0.717) is 17.1 Å². The zero-order chi connectivity index (χ0) is 18.8. The summed E-state index contributed by atoms with van der Waals surface area (Å²) in [5.41, 5.74) is 2.14. The van der Waals surface area contributed by atoms with E-state index in [0.717, 1.165) is 11.9 Å². The molecule has 0 spiro atoms. The maximum atomic E-state index is 14.1. The Labute approximate surface area is 154 Å². The Hall–Kier alpha value is -3.81. The number of benzene rings is 2. The van der Waals surface area contributed by atoms with Crippen LogP contribution in [-0.4, -0.2) is 22.1 Å². The molecule has 0 unspecified atom stereocenters. The summed E-state index contributed by atoms with van der Waals surface area (Å²) in [6.45, 7) is 0. The zero-order valence-electron chi connectivity index (χ0n) is 14.3. The Morgan fingerprint density at radius 1 is 1.11 bits per heavy atom. The summed E-state index contributed by atoms with van der Waals surface area (Å²) >= 11 is 0. The number of phenols is 1. The highest BCUT2D eigenvalue weighted by molar-refractivity contribution is 5.69. The largest absolute Gasteiger partial charge is 0.508 e. The molecule has 0 saturated carbocycles. The summed E-state index contributed by atoms with van der Waals surface area (Å²) in [6, 6.07) is 11.9. The lowest BCUT2D eigenvalue weighted by Gasteiger charge is -2.22. The number of hydrogen-bond donors (Lipinski definition) is 3. The third-order valence-electron chi connectivity index (χ3n) is 3.93. The first-order chi connectivity index (χ1) is 13.1. The van der Waals surface area contributed by atoms with Gasteiger partial charge in [0.2, 0.25) is 5.95 Å². The van der Waals surface area contributed by atoms with Crippen LogP contribution < -0.4 is 20.3 Å². The summed E-state index contributed by atoms with van der Waals surface area (Å²) in [4.78, 5) is 10.1. The van der Waals surface area contributed by atoms with E-state index in [2.05, 4.69) is 20.6 Å². The van der Waals surface area contributed by atoms with Gasteiger partial charge in [-0.3, -0.25) is 0 Å². The highest BCUT2D eigenvalue weighted by atomic mass is 19.1. The molecule has 0 atom stereocenters. The van der Waals surface area contributed by atoms with Crippen LogP contribution in [0.2, 0.25) is 0 Å². The van der Waals surface area contributed by atoms with Crippen LogP contribution in [-0.2, 0) is 0 Å². The molecule has 3 N–H and O–H groups in total. The Bertz CT molecular complexity index is 1020. The molecule has 0 saturated heterocycles. The van der Waals surface area contributed by atoms with Crippen molar-refractivity contribution in [2.45, 2.75) is 0 Å². The van der Waals surface area contributed by atoms with Crippen LogP contribution in [0.4, 0.5) is 33.2 Å². The van der Waals surface area contributed by atoms with Crippen molar-refractivity contribution in [3.05, 3.63) is 66.9 Å². The molecule has 8 heteroatoms. The lowest BCUT2D eigenvalue weighted by molar-refractivity contribution is 0.472. The maximum absolute atomic E-state index is 14.1. The molecule has 0 radical (unpaired) electrons. The summed E-state index contributed by atoms with van der Waals surface area (Å²) in [5.74, 6) is 0.365. The van der Waals surface area contributed by atoms with Crippen LogP contribution in [0.3, 0.4) is 0 Å². The summed E-state index contributed by atoms with van der Waals surface area (Å²) in [5, 5.41) is 15.4. The molecule has 0 amide bonds. The van der Waals surface area contributed by atoms with Crippen molar-refractivity contribution in [1.82, 2.24) is 9.97 Å². The SMILES string of the molecule is CN1C=COc2cc(Nc3ncc(F)c(Nc4cccc(O)c4)n3)ccc21. The molecule has 27 heavy (non-hydrogen) atoms.